The second kappa shape index (κ2) is 28.8. The van der Waals surface area contributed by atoms with Crippen LogP contribution in [0.3, 0.4) is 0 Å². The first-order valence-corrected chi connectivity index (χ1v) is 33.6. The van der Waals surface area contributed by atoms with E-state index < -0.39 is 23.2 Å². The van der Waals surface area contributed by atoms with Gasteiger partial charge in [-0.1, -0.05) is 45.2 Å². The summed E-state index contributed by atoms with van der Waals surface area (Å²) in [5.41, 5.74) is 0.946. The summed E-state index contributed by atoms with van der Waals surface area (Å²) in [7, 11) is 3.92. The SMILES string of the molecule is CNCC(=O)N[C@H](C(=O)N1CCC[C@H]1c1nc(C(=O)c2cccc(OCCNC(=O)CCN3C[C@H]4C[C@@H](N(C)CCNc5cc(N6CCC7(CC6)CN(c6cc(F)c(CN8CCC(C)(C)CC8)cc6F)CC(=O)N7)ncn5)C[C@H]4C3)c2)cs1)C1CCCCC1. The molecule has 4 aromatic rings. The Bertz CT molecular complexity index is 3110. The number of hydrogen-bond acceptors (Lipinski definition) is 17. The van der Waals surface area contributed by atoms with Crippen molar-refractivity contribution < 1.29 is 37.5 Å². The number of likely N-dealkylation sites (tertiary alicyclic amines) is 3. The molecule has 5 N–H and O–H groups in total. The molecule has 89 heavy (non-hydrogen) atoms. The summed E-state index contributed by atoms with van der Waals surface area (Å²) in [5, 5.41) is 18.2. The second-order valence-electron chi connectivity index (χ2n) is 27.1. The highest BCUT2D eigenvalue weighted by Gasteiger charge is 2.45. The number of nitrogens with zero attached hydrogens (tertiary/aromatic N) is 9. The molecule has 0 radical (unpaired) electrons. The molecular formula is C66H92F2N14O6S. The molecule has 1 spiro atoms. The smallest absolute Gasteiger partial charge is 0.246 e. The Morgan fingerprint density at radius 2 is 1.64 bits per heavy atom. The van der Waals surface area contributed by atoms with Crippen molar-refractivity contribution in [2.24, 2.45) is 23.2 Å². The van der Waals surface area contributed by atoms with Gasteiger partial charge in [0.2, 0.25) is 29.4 Å². The first kappa shape index (κ1) is 64.1. The van der Waals surface area contributed by atoms with E-state index in [2.05, 4.69) is 77.0 Å². The zero-order valence-corrected chi connectivity index (χ0v) is 53.3. The standard InChI is InChI=1S/C66H92F2N14O6S/c1-65(2)16-24-78(25-17-65)39-48-33-52(68)55(34-51(48)67)81-40-60(85)76-66(42-81)18-26-80(27-19-66)57-35-56(72-43-73-57)70-20-28-77(4)49-30-46-37-79(38-47(46)31-49)23-15-58(83)71-21-29-88-50-13-8-12-45(32-50)62(86)53-41-89-63(74-53)54-14-9-22-82(54)64(87)61(75-59(84)36-69-3)44-10-6-5-7-11-44/h8,12-13,32-35,41,43-44,46-47,49,54,61,69H,5-7,9-11,14-31,36-40,42H2,1-4H3,(H,71,83)(H,75,84)(H,76,85)(H,70,72,73)/t46-,47+,49-,54-,61-/m0/s1. The lowest BCUT2D eigenvalue weighted by atomic mass is 9.82. The van der Waals surface area contributed by atoms with Gasteiger partial charge in [0.25, 0.3) is 0 Å². The van der Waals surface area contributed by atoms with Crippen molar-refractivity contribution in [2.75, 3.05) is 127 Å². The minimum Gasteiger partial charge on any atom is -0.492 e. The normalized spacial score (nSPS) is 23.4. The van der Waals surface area contributed by atoms with Gasteiger partial charge in [0, 0.05) is 107 Å². The Balaban J connectivity index is 0.563. The number of ether oxygens (including phenoxy) is 1. The molecule has 7 aliphatic rings. The number of likely N-dealkylation sites (N-methyl/N-ethyl adjacent to an activating group) is 2. The van der Waals surface area contributed by atoms with Gasteiger partial charge in [0.15, 0.2) is 0 Å². The molecule has 7 fully saturated rings. The molecule has 20 nitrogen and oxygen atoms in total. The lowest BCUT2D eigenvalue weighted by Crippen LogP contribution is -2.66. The number of amides is 4. The first-order valence-electron chi connectivity index (χ1n) is 32.7. The molecule has 5 atom stereocenters. The Hall–Kier alpha value is -6.40. The van der Waals surface area contributed by atoms with E-state index in [-0.39, 0.29) is 72.2 Å². The van der Waals surface area contributed by atoms with Crippen LogP contribution in [0.4, 0.5) is 26.1 Å². The second-order valence-corrected chi connectivity index (χ2v) is 28.0. The highest BCUT2D eigenvalue weighted by molar-refractivity contribution is 7.10. The van der Waals surface area contributed by atoms with E-state index in [1.54, 1.807) is 47.9 Å². The Morgan fingerprint density at radius 1 is 0.865 bits per heavy atom. The number of aromatic nitrogens is 3. The van der Waals surface area contributed by atoms with Crippen LogP contribution >= 0.6 is 11.3 Å². The Kier molecular flexibility index (Phi) is 20.8. The molecule has 11 rings (SSSR count). The van der Waals surface area contributed by atoms with Gasteiger partial charge >= 0.3 is 0 Å². The highest BCUT2D eigenvalue weighted by atomic mass is 32.1. The quantitative estimate of drug-likeness (QED) is 0.0368. The fraction of sp³-hybridized carbons (Fsp3) is 0.636. The third-order valence-electron chi connectivity index (χ3n) is 20.2. The molecule has 5 aliphatic heterocycles. The number of piperidine rings is 2. The number of nitrogens with one attached hydrogen (secondary N) is 5. The van der Waals surface area contributed by atoms with E-state index in [4.69, 9.17) is 9.72 Å². The fourth-order valence-electron chi connectivity index (χ4n) is 15.0. The van der Waals surface area contributed by atoms with Crippen molar-refractivity contribution in [3.63, 3.8) is 0 Å². The lowest BCUT2D eigenvalue weighted by molar-refractivity contribution is -0.139. The number of anilines is 3. The van der Waals surface area contributed by atoms with Crippen LogP contribution in [0.25, 0.3) is 0 Å². The summed E-state index contributed by atoms with van der Waals surface area (Å²) in [6.45, 7) is 13.8. The molecule has 0 bridgehead atoms. The van der Waals surface area contributed by atoms with E-state index >= 15 is 8.78 Å². The number of rotatable bonds is 24. The maximum absolute atomic E-state index is 15.8. The summed E-state index contributed by atoms with van der Waals surface area (Å²) in [5.74, 6) is 1.75. The predicted octanol–water partition coefficient (Wildman–Crippen LogP) is 6.63. The van der Waals surface area contributed by atoms with Crippen LogP contribution in [-0.2, 0) is 25.7 Å². The van der Waals surface area contributed by atoms with Crippen molar-refractivity contribution in [1.82, 2.24) is 55.8 Å². The lowest BCUT2D eigenvalue weighted by Gasteiger charge is -2.48. The van der Waals surface area contributed by atoms with Crippen LogP contribution in [0.1, 0.15) is 136 Å². The molecular weight excluding hydrogens is 1150 g/mol. The molecule has 482 valence electrons. The van der Waals surface area contributed by atoms with Gasteiger partial charge in [-0.3, -0.25) is 28.9 Å². The van der Waals surface area contributed by atoms with Gasteiger partial charge in [0.05, 0.1) is 36.9 Å². The highest BCUT2D eigenvalue weighted by Crippen LogP contribution is 2.41. The molecule has 2 aromatic carbocycles. The number of ketones is 1. The summed E-state index contributed by atoms with van der Waals surface area (Å²) in [6.07, 6.45) is 14.2. The maximum Gasteiger partial charge on any atom is 0.246 e. The number of thiazole rings is 1. The van der Waals surface area contributed by atoms with Crippen LogP contribution in [-0.4, -0.2) is 194 Å². The molecule has 5 saturated heterocycles. The van der Waals surface area contributed by atoms with E-state index in [1.165, 1.54) is 23.5 Å². The third-order valence-corrected chi connectivity index (χ3v) is 21.2. The number of benzene rings is 2. The van der Waals surface area contributed by atoms with Crippen molar-refractivity contribution in [2.45, 2.75) is 134 Å². The van der Waals surface area contributed by atoms with E-state index in [1.807, 2.05) is 11.0 Å². The van der Waals surface area contributed by atoms with Gasteiger partial charge in [-0.2, -0.15) is 0 Å². The van der Waals surface area contributed by atoms with Gasteiger partial charge < -0.3 is 55.8 Å². The van der Waals surface area contributed by atoms with Crippen LogP contribution in [0.15, 0.2) is 54.2 Å². The summed E-state index contributed by atoms with van der Waals surface area (Å²) in [6, 6.07) is 11.2. The number of hydrogen-bond donors (Lipinski definition) is 5. The zero-order valence-electron chi connectivity index (χ0n) is 52.5. The fourth-order valence-corrected chi connectivity index (χ4v) is 15.9. The van der Waals surface area contributed by atoms with Gasteiger partial charge in [0.1, 0.15) is 58.7 Å². The summed E-state index contributed by atoms with van der Waals surface area (Å²) < 4.78 is 37.4. The zero-order chi connectivity index (χ0) is 62.2. The maximum atomic E-state index is 15.8. The van der Waals surface area contributed by atoms with E-state index in [0.717, 1.165) is 127 Å². The first-order chi connectivity index (χ1) is 43.0. The van der Waals surface area contributed by atoms with Crippen molar-refractivity contribution in [3.05, 3.63) is 87.6 Å². The van der Waals surface area contributed by atoms with Crippen LogP contribution in [0.5, 0.6) is 5.75 Å². The van der Waals surface area contributed by atoms with Gasteiger partial charge in [-0.15, -0.1) is 11.3 Å². The average molecular weight is 1250 g/mol. The van der Waals surface area contributed by atoms with E-state index in [9.17, 15) is 24.0 Å². The molecule has 0 unspecified atom stereocenters. The topological polar surface area (TPSA) is 213 Å². The number of fused-ring (bicyclic) bond motifs is 1. The number of halogens is 2. The molecule has 2 aromatic heterocycles. The van der Waals surface area contributed by atoms with Crippen molar-refractivity contribution in [1.29, 1.82) is 0 Å². The predicted molar refractivity (Wildman–Crippen MR) is 340 cm³/mol. The molecule has 7 heterocycles. The van der Waals surface area contributed by atoms with Crippen LogP contribution in [0.2, 0.25) is 0 Å². The summed E-state index contributed by atoms with van der Waals surface area (Å²) >= 11 is 1.39. The number of carbonyl (C=O) groups excluding carboxylic acids is 5. The minimum atomic E-state index is -0.577. The minimum absolute atomic E-state index is 0.0192. The Morgan fingerprint density at radius 3 is 2.40 bits per heavy atom. The molecule has 2 saturated carbocycles. The number of piperazine rings is 1. The van der Waals surface area contributed by atoms with Crippen molar-refractivity contribution >= 4 is 58.1 Å². The largest absolute Gasteiger partial charge is 0.492 e. The van der Waals surface area contributed by atoms with Gasteiger partial charge in [-0.25, -0.2) is 23.7 Å². The average Bonchev–Trinajstić information content (AvgIpc) is 3.35. The Labute approximate surface area is 527 Å². The summed E-state index contributed by atoms with van der Waals surface area (Å²) in [4.78, 5) is 93.5. The monoisotopic (exact) mass is 1250 g/mol. The molecule has 2 aliphatic carbocycles. The third kappa shape index (κ3) is 16.0. The number of carbonyl (C=O) groups is 5. The van der Waals surface area contributed by atoms with Crippen LogP contribution in [0, 0.1) is 34.8 Å². The van der Waals surface area contributed by atoms with Crippen molar-refractivity contribution in [3.8, 4) is 5.75 Å². The molecule has 4 amide bonds. The van der Waals surface area contributed by atoms with E-state index in [0.29, 0.717) is 106 Å². The molecule has 23 heteroatoms. The van der Waals surface area contributed by atoms with Crippen LogP contribution < -0.4 is 41.1 Å². The van der Waals surface area contributed by atoms with Gasteiger partial charge in [-0.05, 0) is 133 Å².